The fraction of sp³-hybridized carbons (Fsp3) is 0.227. The molecule has 0 fully saturated rings. The zero-order valence-electron chi connectivity index (χ0n) is 16.5. The van der Waals surface area contributed by atoms with Crippen LogP contribution in [0.15, 0.2) is 54.6 Å². The Hall–Kier alpha value is -3.12. The average molecular weight is 412 g/mol. The number of carbonyl (C=O) groups excluding carboxylic acids is 2. The van der Waals surface area contributed by atoms with E-state index in [9.17, 15) is 9.59 Å². The van der Waals surface area contributed by atoms with Crippen LogP contribution in [0.4, 0.5) is 5.69 Å². The van der Waals surface area contributed by atoms with Crippen molar-refractivity contribution in [2.75, 3.05) is 5.32 Å². The van der Waals surface area contributed by atoms with Crippen LogP contribution in [0.5, 0.6) is 0 Å². The van der Waals surface area contributed by atoms with Crippen LogP contribution in [-0.2, 0) is 16.1 Å². The van der Waals surface area contributed by atoms with Crippen molar-refractivity contribution in [3.05, 3.63) is 82.1 Å². The van der Waals surface area contributed by atoms with E-state index in [1.165, 1.54) is 6.92 Å². The number of carbonyl (C=O) groups is 2. The van der Waals surface area contributed by atoms with Crippen LogP contribution in [0.2, 0.25) is 5.15 Å². The quantitative estimate of drug-likeness (QED) is 0.610. The normalized spacial score (nSPS) is 11.7. The van der Waals surface area contributed by atoms with Crippen LogP contribution in [-0.4, -0.2) is 27.8 Å². The Labute approximate surface area is 174 Å². The summed E-state index contributed by atoms with van der Waals surface area (Å²) < 4.78 is 6.87. The molecule has 0 saturated heterocycles. The van der Waals surface area contributed by atoms with Gasteiger partial charge in [0.15, 0.2) is 6.10 Å². The molecule has 7 heteroatoms. The van der Waals surface area contributed by atoms with E-state index in [-0.39, 0.29) is 10.7 Å². The van der Waals surface area contributed by atoms with Crippen molar-refractivity contribution in [1.29, 1.82) is 0 Å². The second-order valence-corrected chi connectivity index (χ2v) is 7.16. The molecule has 1 N–H and O–H groups in total. The molecule has 1 heterocycles. The molecule has 0 aliphatic carbocycles. The van der Waals surface area contributed by atoms with Crippen molar-refractivity contribution in [2.24, 2.45) is 0 Å². The van der Waals surface area contributed by atoms with E-state index in [4.69, 9.17) is 16.3 Å². The van der Waals surface area contributed by atoms with Gasteiger partial charge in [-0.25, -0.2) is 9.48 Å². The van der Waals surface area contributed by atoms with Crippen molar-refractivity contribution < 1.29 is 14.3 Å². The van der Waals surface area contributed by atoms with E-state index in [1.807, 2.05) is 37.3 Å². The molecule has 3 rings (SSSR count). The minimum absolute atomic E-state index is 0.165. The first-order valence-corrected chi connectivity index (χ1v) is 9.58. The van der Waals surface area contributed by atoms with Gasteiger partial charge in [-0.15, -0.1) is 0 Å². The molecule has 0 bridgehead atoms. The van der Waals surface area contributed by atoms with E-state index >= 15 is 0 Å². The smallest absolute Gasteiger partial charge is 0.343 e. The number of amides is 1. The van der Waals surface area contributed by atoms with Crippen LogP contribution in [0.25, 0.3) is 0 Å². The van der Waals surface area contributed by atoms with Gasteiger partial charge in [-0.1, -0.05) is 59.6 Å². The number of hydrogen-bond donors (Lipinski definition) is 1. The van der Waals surface area contributed by atoms with Crippen LogP contribution in [0.3, 0.4) is 0 Å². The van der Waals surface area contributed by atoms with Crippen molar-refractivity contribution in [3.8, 4) is 0 Å². The lowest BCUT2D eigenvalue weighted by molar-refractivity contribution is -0.123. The number of esters is 1. The predicted molar refractivity (Wildman–Crippen MR) is 112 cm³/mol. The molecule has 6 nitrogen and oxygen atoms in total. The van der Waals surface area contributed by atoms with Gasteiger partial charge < -0.3 is 10.1 Å². The Bertz CT molecular complexity index is 1010. The summed E-state index contributed by atoms with van der Waals surface area (Å²) in [4.78, 5) is 24.9. The fourth-order valence-corrected chi connectivity index (χ4v) is 3.11. The number of aromatic nitrogens is 2. The molecule has 1 atom stereocenters. The van der Waals surface area contributed by atoms with Gasteiger partial charge in [0, 0.05) is 5.69 Å². The monoisotopic (exact) mass is 411 g/mol. The largest absolute Gasteiger partial charge is 0.449 e. The second-order valence-electron chi connectivity index (χ2n) is 6.80. The van der Waals surface area contributed by atoms with Gasteiger partial charge in [0.2, 0.25) is 0 Å². The third kappa shape index (κ3) is 5.03. The molecular weight excluding hydrogens is 390 g/mol. The molecular formula is C22H22ClN3O3. The molecule has 1 amide bonds. The molecule has 0 saturated carbocycles. The van der Waals surface area contributed by atoms with E-state index < -0.39 is 18.0 Å². The van der Waals surface area contributed by atoms with Crippen molar-refractivity contribution in [3.63, 3.8) is 0 Å². The standard InChI is InChI=1S/C22H22ClN3O3/c1-14-9-11-17(12-10-14)13-26-20(23)19(15(2)25-26)22(28)29-16(3)21(27)24-18-7-5-4-6-8-18/h4-12,16H,13H2,1-3H3,(H,24,27)/t16-/m0/s1. The third-order valence-corrected chi connectivity index (χ3v) is 4.80. The maximum atomic E-state index is 12.6. The molecule has 0 unspecified atom stereocenters. The topological polar surface area (TPSA) is 73.2 Å². The van der Waals surface area contributed by atoms with Crippen LogP contribution in [0.1, 0.15) is 34.1 Å². The Kier molecular flexibility index (Phi) is 6.34. The summed E-state index contributed by atoms with van der Waals surface area (Å²) >= 11 is 6.40. The SMILES string of the molecule is Cc1ccc(Cn2nc(C)c(C(=O)O[C@@H](C)C(=O)Nc3ccccc3)c2Cl)cc1. The van der Waals surface area contributed by atoms with Gasteiger partial charge >= 0.3 is 5.97 Å². The van der Waals surface area contributed by atoms with Gasteiger partial charge in [0.1, 0.15) is 10.7 Å². The van der Waals surface area contributed by atoms with E-state index in [1.54, 1.807) is 35.9 Å². The highest BCUT2D eigenvalue weighted by Gasteiger charge is 2.25. The summed E-state index contributed by atoms with van der Waals surface area (Å²) in [5, 5.41) is 7.24. The zero-order valence-corrected chi connectivity index (χ0v) is 17.2. The highest BCUT2D eigenvalue weighted by molar-refractivity contribution is 6.32. The number of anilines is 1. The first-order valence-electron chi connectivity index (χ1n) is 9.20. The zero-order chi connectivity index (χ0) is 21.0. The van der Waals surface area contributed by atoms with Crippen LogP contribution >= 0.6 is 11.6 Å². The fourth-order valence-electron chi connectivity index (χ4n) is 2.79. The first-order chi connectivity index (χ1) is 13.8. The maximum absolute atomic E-state index is 12.6. The molecule has 3 aromatic rings. The number of ether oxygens (including phenoxy) is 1. The number of hydrogen-bond acceptors (Lipinski definition) is 4. The molecule has 0 aliphatic heterocycles. The van der Waals surface area contributed by atoms with Crippen molar-refractivity contribution >= 4 is 29.2 Å². The van der Waals surface area contributed by atoms with E-state index in [0.29, 0.717) is 17.9 Å². The third-order valence-electron chi connectivity index (χ3n) is 4.42. The second kappa shape index (κ2) is 8.92. The summed E-state index contributed by atoms with van der Waals surface area (Å²) in [6.07, 6.45) is -0.987. The molecule has 29 heavy (non-hydrogen) atoms. The minimum atomic E-state index is -0.987. The van der Waals surface area contributed by atoms with E-state index in [2.05, 4.69) is 10.4 Å². The van der Waals surface area contributed by atoms with Gasteiger partial charge in [-0.05, 0) is 38.5 Å². The predicted octanol–water partition coefficient (Wildman–Crippen LogP) is 4.39. The maximum Gasteiger partial charge on any atom is 0.343 e. The summed E-state index contributed by atoms with van der Waals surface area (Å²) in [6, 6.07) is 16.9. The first kappa shape index (κ1) is 20.6. The van der Waals surface area contributed by atoms with Gasteiger partial charge in [0.05, 0.1) is 12.2 Å². The number of nitrogens with one attached hydrogen (secondary N) is 1. The number of rotatable bonds is 6. The summed E-state index contributed by atoms with van der Waals surface area (Å²) in [5.41, 5.74) is 3.40. The van der Waals surface area contributed by atoms with Crippen LogP contribution in [0, 0.1) is 13.8 Å². The molecule has 0 spiro atoms. The lowest BCUT2D eigenvalue weighted by atomic mass is 10.1. The highest BCUT2D eigenvalue weighted by Crippen LogP contribution is 2.22. The van der Waals surface area contributed by atoms with Gasteiger partial charge in [-0.3, -0.25) is 4.79 Å². The van der Waals surface area contributed by atoms with Crippen molar-refractivity contribution in [2.45, 2.75) is 33.4 Å². The Morgan fingerprint density at radius 3 is 2.41 bits per heavy atom. The van der Waals surface area contributed by atoms with Gasteiger partial charge in [0.25, 0.3) is 5.91 Å². The number of halogens is 1. The lowest BCUT2D eigenvalue weighted by Gasteiger charge is -2.13. The Morgan fingerprint density at radius 2 is 1.76 bits per heavy atom. The number of aryl methyl sites for hydroxylation is 2. The molecule has 2 aromatic carbocycles. The highest BCUT2D eigenvalue weighted by atomic mass is 35.5. The number of para-hydroxylation sites is 1. The Morgan fingerprint density at radius 1 is 1.10 bits per heavy atom. The van der Waals surface area contributed by atoms with Crippen LogP contribution < -0.4 is 5.32 Å². The average Bonchev–Trinajstić information content (AvgIpc) is 2.97. The molecule has 0 radical (unpaired) electrons. The number of benzene rings is 2. The summed E-state index contributed by atoms with van der Waals surface area (Å²) in [6.45, 7) is 5.63. The number of nitrogens with zero attached hydrogens (tertiary/aromatic N) is 2. The molecule has 0 aliphatic rings. The summed E-state index contributed by atoms with van der Waals surface area (Å²) in [5.74, 6) is -1.11. The molecule has 150 valence electrons. The Balaban J connectivity index is 1.69. The molecule has 1 aromatic heterocycles. The minimum Gasteiger partial charge on any atom is -0.449 e. The van der Waals surface area contributed by atoms with Crippen molar-refractivity contribution in [1.82, 2.24) is 9.78 Å². The van der Waals surface area contributed by atoms with E-state index in [0.717, 1.165) is 11.1 Å². The van der Waals surface area contributed by atoms with Gasteiger partial charge in [-0.2, -0.15) is 5.10 Å². The summed E-state index contributed by atoms with van der Waals surface area (Å²) in [7, 11) is 0. The lowest BCUT2D eigenvalue weighted by Crippen LogP contribution is -2.30.